The molecule has 0 aromatic heterocycles. The van der Waals surface area contributed by atoms with Crippen LogP contribution in [0.3, 0.4) is 0 Å². The van der Waals surface area contributed by atoms with Crippen LogP contribution >= 0.6 is 0 Å². The highest BCUT2D eigenvalue weighted by molar-refractivity contribution is 6.74. The molecule has 0 unspecified atom stereocenters. The SMILES string of the molecule is COc1ccc([B-](F)(F)F)c(OC)c1. The second-order valence-corrected chi connectivity index (χ2v) is 2.68. The molecule has 6 heteroatoms. The summed E-state index contributed by atoms with van der Waals surface area (Å²) in [6, 6.07) is 3.43. The van der Waals surface area contributed by atoms with Gasteiger partial charge in [0, 0.05) is 6.07 Å². The van der Waals surface area contributed by atoms with Crippen LogP contribution in [-0.2, 0) is 0 Å². The first-order valence-electron chi connectivity index (χ1n) is 3.91. The molecule has 0 aliphatic heterocycles. The van der Waals surface area contributed by atoms with Crippen molar-refractivity contribution in [3.8, 4) is 11.5 Å². The van der Waals surface area contributed by atoms with Crippen molar-refractivity contribution in [3.63, 3.8) is 0 Å². The van der Waals surface area contributed by atoms with Crippen molar-refractivity contribution in [2.45, 2.75) is 0 Å². The fourth-order valence-electron chi connectivity index (χ4n) is 1.09. The lowest BCUT2D eigenvalue weighted by atomic mass is 9.79. The van der Waals surface area contributed by atoms with Crippen LogP contribution in [0.15, 0.2) is 18.2 Å². The van der Waals surface area contributed by atoms with Crippen LogP contribution in [0.25, 0.3) is 0 Å². The molecule has 0 spiro atoms. The third kappa shape index (κ3) is 2.13. The first-order chi connectivity index (χ1) is 6.49. The Morgan fingerprint density at radius 3 is 2.14 bits per heavy atom. The van der Waals surface area contributed by atoms with Crippen LogP contribution < -0.4 is 14.9 Å². The van der Waals surface area contributed by atoms with Gasteiger partial charge in [0.2, 0.25) is 0 Å². The number of methoxy groups -OCH3 is 2. The maximum atomic E-state index is 12.4. The van der Waals surface area contributed by atoms with E-state index in [0.29, 0.717) is 5.75 Å². The van der Waals surface area contributed by atoms with E-state index in [1.165, 1.54) is 26.4 Å². The summed E-state index contributed by atoms with van der Waals surface area (Å²) < 4.78 is 46.7. The Labute approximate surface area is 79.7 Å². The summed E-state index contributed by atoms with van der Waals surface area (Å²) in [6.45, 7) is -5.04. The second-order valence-electron chi connectivity index (χ2n) is 2.68. The summed E-state index contributed by atoms with van der Waals surface area (Å²) >= 11 is 0. The Morgan fingerprint density at radius 2 is 1.71 bits per heavy atom. The Morgan fingerprint density at radius 1 is 1.07 bits per heavy atom. The van der Waals surface area contributed by atoms with E-state index in [-0.39, 0.29) is 5.75 Å². The zero-order valence-electron chi connectivity index (χ0n) is 7.76. The van der Waals surface area contributed by atoms with E-state index in [1.54, 1.807) is 0 Å². The Balaban J connectivity index is 3.18. The normalized spacial score (nSPS) is 11.2. The highest BCUT2D eigenvalue weighted by Gasteiger charge is 2.29. The van der Waals surface area contributed by atoms with Crippen LogP contribution in [0, 0.1) is 0 Å². The fourth-order valence-corrected chi connectivity index (χ4v) is 1.09. The van der Waals surface area contributed by atoms with E-state index in [9.17, 15) is 12.9 Å². The van der Waals surface area contributed by atoms with Crippen molar-refractivity contribution in [2.24, 2.45) is 0 Å². The summed E-state index contributed by atoms with van der Waals surface area (Å²) in [4.78, 5) is 0. The van der Waals surface area contributed by atoms with Gasteiger partial charge in [0.1, 0.15) is 5.75 Å². The van der Waals surface area contributed by atoms with Crippen molar-refractivity contribution < 1.29 is 22.4 Å². The molecule has 2 nitrogen and oxygen atoms in total. The van der Waals surface area contributed by atoms with Crippen molar-refractivity contribution in [3.05, 3.63) is 18.2 Å². The zero-order chi connectivity index (χ0) is 10.8. The monoisotopic (exact) mass is 205 g/mol. The average Bonchev–Trinajstić information content (AvgIpc) is 2.15. The molecule has 0 heterocycles. The van der Waals surface area contributed by atoms with Crippen LogP contribution in [-0.4, -0.2) is 21.2 Å². The highest BCUT2D eigenvalue weighted by Crippen LogP contribution is 2.22. The lowest BCUT2D eigenvalue weighted by molar-refractivity contribution is 0.393. The van der Waals surface area contributed by atoms with Gasteiger partial charge in [0.15, 0.2) is 0 Å². The quantitative estimate of drug-likeness (QED) is 0.699. The molecule has 1 rings (SSSR count). The smallest absolute Gasteiger partial charge is 0.500 e. The second kappa shape index (κ2) is 3.81. The minimum Gasteiger partial charge on any atom is -0.500 e. The maximum absolute atomic E-state index is 12.4. The zero-order valence-corrected chi connectivity index (χ0v) is 7.76. The lowest BCUT2D eigenvalue weighted by Gasteiger charge is -2.18. The van der Waals surface area contributed by atoms with Gasteiger partial charge in [-0.15, -0.1) is 0 Å². The third-order valence-electron chi connectivity index (χ3n) is 1.79. The van der Waals surface area contributed by atoms with E-state index >= 15 is 0 Å². The minimum atomic E-state index is -5.04. The predicted octanol–water partition coefficient (Wildman–Crippen LogP) is 1.76. The molecule has 0 fully saturated rings. The highest BCUT2D eigenvalue weighted by atomic mass is 19.4. The number of halogens is 3. The van der Waals surface area contributed by atoms with E-state index in [2.05, 4.69) is 4.74 Å². The summed E-state index contributed by atoms with van der Waals surface area (Å²) in [5.74, 6) is 0.127. The summed E-state index contributed by atoms with van der Waals surface area (Å²) in [5.41, 5.74) is -0.742. The molecule has 1 aromatic carbocycles. The maximum Gasteiger partial charge on any atom is 0.513 e. The molecule has 0 atom stereocenters. The van der Waals surface area contributed by atoms with E-state index in [4.69, 9.17) is 4.74 Å². The van der Waals surface area contributed by atoms with Crippen LogP contribution in [0.4, 0.5) is 12.9 Å². The van der Waals surface area contributed by atoms with Gasteiger partial charge in [-0.3, -0.25) is 0 Å². The van der Waals surface area contributed by atoms with Crippen LogP contribution in [0.5, 0.6) is 11.5 Å². The number of hydrogen-bond donors (Lipinski definition) is 0. The number of rotatable bonds is 3. The molecule has 0 radical (unpaired) electrons. The molecule has 0 saturated carbocycles. The molecule has 0 amide bonds. The van der Waals surface area contributed by atoms with Gasteiger partial charge in [-0.25, -0.2) is 0 Å². The largest absolute Gasteiger partial charge is 0.513 e. The lowest BCUT2D eigenvalue weighted by Crippen LogP contribution is -2.35. The van der Waals surface area contributed by atoms with Gasteiger partial charge < -0.3 is 22.4 Å². The first-order valence-corrected chi connectivity index (χ1v) is 3.91. The molecule has 0 N–H and O–H groups in total. The molecular weight excluding hydrogens is 196 g/mol. The molecule has 0 saturated heterocycles. The molecule has 0 aliphatic carbocycles. The van der Waals surface area contributed by atoms with Crippen molar-refractivity contribution in [1.82, 2.24) is 0 Å². The topological polar surface area (TPSA) is 18.5 Å². The fraction of sp³-hybridized carbons (Fsp3) is 0.250. The van der Waals surface area contributed by atoms with E-state index < -0.39 is 12.4 Å². The molecule has 1 aromatic rings. The third-order valence-corrected chi connectivity index (χ3v) is 1.79. The van der Waals surface area contributed by atoms with Crippen LogP contribution in [0.1, 0.15) is 0 Å². The summed E-state index contributed by atoms with van der Waals surface area (Å²) in [6.07, 6.45) is 0. The van der Waals surface area contributed by atoms with Crippen molar-refractivity contribution in [1.29, 1.82) is 0 Å². The minimum absolute atomic E-state index is 0.211. The predicted molar refractivity (Wildman–Crippen MR) is 48.3 cm³/mol. The molecule has 0 aliphatic rings. The van der Waals surface area contributed by atoms with E-state index in [1.807, 2.05) is 0 Å². The van der Waals surface area contributed by atoms with Crippen molar-refractivity contribution >= 4 is 12.4 Å². The van der Waals surface area contributed by atoms with Gasteiger partial charge in [-0.2, -0.15) is 0 Å². The Kier molecular flexibility index (Phi) is 2.93. The van der Waals surface area contributed by atoms with Crippen molar-refractivity contribution in [2.75, 3.05) is 14.2 Å². The molecular formula is C8H9BF3O2-. The average molecular weight is 205 g/mol. The standard InChI is InChI=1S/C8H9BF3O2/c1-13-6-3-4-7(9(10,11)12)8(5-6)14-2/h3-5H,1-2H3/q-1. The summed E-state index contributed by atoms with van der Waals surface area (Å²) in [7, 11) is 2.58. The van der Waals surface area contributed by atoms with E-state index in [0.717, 1.165) is 6.07 Å². The van der Waals surface area contributed by atoms with Gasteiger partial charge in [-0.05, 0) is 6.07 Å². The molecule has 14 heavy (non-hydrogen) atoms. The van der Waals surface area contributed by atoms with Gasteiger partial charge in [-0.1, -0.05) is 11.5 Å². The number of hydrogen-bond acceptors (Lipinski definition) is 2. The first kappa shape index (κ1) is 10.8. The van der Waals surface area contributed by atoms with Gasteiger partial charge in [0.25, 0.3) is 0 Å². The molecule has 0 bridgehead atoms. The van der Waals surface area contributed by atoms with Gasteiger partial charge in [0.05, 0.1) is 20.0 Å². The Hall–Kier alpha value is -1.33. The number of ether oxygens (including phenoxy) is 2. The van der Waals surface area contributed by atoms with Crippen LogP contribution in [0.2, 0.25) is 0 Å². The molecule has 78 valence electrons. The summed E-state index contributed by atoms with van der Waals surface area (Å²) in [5, 5.41) is 0. The van der Waals surface area contributed by atoms with Gasteiger partial charge >= 0.3 is 6.98 Å². The Bertz CT molecular complexity index is 325. The number of benzene rings is 1.